The summed E-state index contributed by atoms with van der Waals surface area (Å²) in [7, 11) is 3.30. The predicted octanol–water partition coefficient (Wildman–Crippen LogP) is 3.67. The van der Waals surface area contributed by atoms with Crippen molar-refractivity contribution >= 4 is 11.3 Å². The van der Waals surface area contributed by atoms with E-state index in [1.54, 1.807) is 25.6 Å². The average molecular weight is 362 g/mol. The van der Waals surface area contributed by atoms with Crippen molar-refractivity contribution < 1.29 is 14.6 Å². The number of hydrogen-bond donors (Lipinski definition) is 2. The second kappa shape index (κ2) is 9.61. The summed E-state index contributed by atoms with van der Waals surface area (Å²) in [5.41, 5.74) is 3.53. The number of aliphatic hydroxyl groups excluding tert-OH is 1. The Morgan fingerprint density at radius 1 is 1.32 bits per heavy atom. The third-order valence-corrected chi connectivity index (χ3v) is 5.32. The molecule has 0 aliphatic rings. The Labute approximate surface area is 154 Å². The minimum absolute atomic E-state index is 0.0262. The van der Waals surface area contributed by atoms with E-state index in [1.807, 2.05) is 12.1 Å². The van der Waals surface area contributed by atoms with Crippen molar-refractivity contribution in [1.29, 1.82) is 0 Å². The molecule has 0 bridgehead atoms. The van der Waals surface area contributed by atoms with Crippen molar-refractivity contribution in [2.24, 2.45) is 0 Å². The standard InChI is InChI=1S/C20H27NO3S/c1-5-6-16-15(7-8-18(23-3)20(16)24-4)9-10-21-17(12-22)19-11-14(2)13-25-19/h5,7-8,11,13,17,21-22H,1,6,9-10,12H2,2-4H3. The van der Waals surface area contributed by atoms with Gasteiger partial charge in [0.25, 0.3) is 0 Å². The molecule has 2 rings (SSSR count). The van der Waals surface area contributed by atoms with E-state index in [1.165, 1.54) is 16.0 Å². The summed E-state index contributed by atoms with van der Waals surface area (Å²) < 4.78 is 10.9. The highest BCUT2D eigenvalue weighted by Gasteiger charge is 2.15. The fraction of sp³-hybridized carbons (Fsp3) is 0.400. The Bertz CT molecular complexity index is 696. The molecule has 1 unspecified atom stereocenters. The van der Waals surface area contributed by atoms with Crippen LogP contribution in [0.2, 0.25) is 0 Å². The zero-order valence-electron chi connectivity index (χ0n) is 15.2. The van der Waals surface area contributed by atoms with Crippen LogP contribution in [0.15, 0.2) is 36.2 Å². The lowest BCUT2D eigenvalue weighted by molar-refractivity contribution is 0.247. The van der Waals surface area contributed by atoms with Crippen LogP contribution in [-0.4, -0.2) is 32.5 Å². The zero-order valence-corrected chi connectivity index (χ0v) is 16.0. The van der Waals surface area contributed by atoms with Crippen LogP contribution in [0.4, 0.5) is 0 Å². The molecule has 0 saturated carbocycles. The van der Waals surface area contributed by atoms with Crippen LogP contribution in [0.5, 0.6) is 11.5 Å². The van der Waals surface area contributed by atoms with Gasteiger partial charge in [-0.1, -0.05) is 12.1 Å². The molecule has 1 atom stereocenters. The predicted molar refractivity (Wildman–Crippen MR) is 104 cm³/mol. The Kier molecular flexibility index (Phi) is 7.50. The maximum atomic E-state index is 9.67. The van der Waals surface area contributed by atoms with Crippen molar-refractivity contribution in [2.75, 3.05) is 27.4 Å². The van der Waals surface area contributed by atoms with E-state index in [2.05, 4.69) is 36.3 Å². The SMILES string of the molecule is C=CCc1c(CCNC(CO)c2cc(C)cs2)ccc(OC)c1OC. The van der Waals surface area contributed by atoms with Crippen molar-refractivity contribution in [3.63, 3.8) is 0 Å². The number of thiophene rings is 1. The molecule has 1 aromatic carbocycles. The van der Waals surface area contributed by atoms with Crippen molar-refractivity contribution in [1.82, 2.24) is 5.32 Å². The third kappa shape index (κ3) is 4.84. The molecule has 5 heteroatoms. The van der Waals surface area contributed by atoms with E-state index in [9.17, 15) is 5.11 Å². The minimum Gasteiger partial charge on any atom is -0.493 e. The number of aliphatic hydroxyl groups is 1. The second-order valence-corrected chi connectivity index (χ2v) is 6.84. The number of benzene rings is 1. The quantitative estimate of drug-likeness (QED) is 0.634. The molecule has 0 fully saturated rings. The highest BCUT2D eigenvalue weighted by atomic mass is 32.1. The van der Waals surface area contributed by atoms with Gasteiger partial charge in [-0.2, -0.15) is 0 Å². The lowest BCUT2D eigenvalue weighted by Gasteiger charge is -2.18. The molecule has 1 heterocycles. The second-order valence-electron chi connectivity index (χ2n) is 5.90. The first-order valence-electron chi connectivity index (χ1n) is 8.37. The van der Waals surface area contributed by atoms with E-state index in [0.717, 1.165) is 36.4 Å². The summed E-state index contributed by atoms with van der Waals surface area (Å²) in [6, 6.07) is 6.11. The monoisotopic (exact) mass is 361 g/mol. The van der Waals surface area contributed by atoms with Gasteiger partial charge in [0.15, 0.2) is 11.5 Å². The van der Waals surface area contributed by atoms with Gasteiger partial charge in [-0.05, 0) is 54.9 Å². The smallest absolute Gasteiger partial charge is 0.164 e. The van der Waals surface area contributed by atoms with Crippen LogP contribution in [0.25, 0.3) is 0 Å². The minimum atomic E-state index is -0.0262. The van der Waals surface area contributed by atoms with Crippen molar-refractivity contribution in [3.8, 4) is 11.5 Å². The molecule has 0 aliphatic carbocycles. The summed E-state index contributed by atoms with van der Waals surface area (Å²) in [6.45, 7) is 6.77. The average Bonchev–Trinajstić information content (AvgIpc) is 3.05. The zero-order chi connectivity index (χ0) is 18.2. The maximum absolute atomic E-state index is 9.67. The van der Waals surface area contributed by atoms with Gasteiger partial charge >= 0.3 is 0 Å². The number of rotatable bonds is 10. The highest BCUT2D eigenvalue weighted by Crippen LogP contribution is 2.34. The molecule has 2 N–H and O–H groups in total. The normalized spacial score (nSPS) is 12.0. The molecule has 4 nitrogen and oxygen atoms in total. The first-order chi connectivity index (χ1) is 12.1. The Morgan fingerprint density at radius 3 is 2.68 bits per heavy atom. The summed E-state index contributed by atoms with van der Waals surface area (Å²) >= 11 is 1.68. The molecule has 2 aromatic rings. The van der Waals surface area contributed by atoms with Crippen LogP contribution in [0.1, 0.15) is 27.6 Å². The first-order valence-corrected chi connectivity index (χ1v) is 9.25. The number of ether oxygens (including phenoxy) is 2. The van der Waals surface area contributed by atoms with Crippen LogP contribution in [-0.2, 0) is 12.8 Å². The Hall–Kier alpha value is -1.82. The van der Waals surface area contributed by atoms with Gasteiger partial charge in [-0.3, -0.25) is 0 Å². The molecule has 0 spiro atoms. The van der Waals surface area contributed by atoms with Gasteiger partial charge in [0, 0.05) is 10.4 Å². The van der Waals surface area contributed by atoms with Gasteiger partial charge < -0.3 is 19.9 Å². The van der Waals surface area contributed by atoms with E-state index >= 15 is 0 Å². The van der Waals surface area contributed by atoms with Crippen LogP contribution in [0, 0.1) is 6.92 Å². The molecule has 0 aliphatic heterocycles. The first kappa shape index (κ1) is 19.5. The number of hydrogen-bond acceptors (Lipinski definition) is 5. The van der Waals surface area contributed by atoms with Gasteiger partial charge in [-0.15, -0.1) is 17.9 Å². The van der Waals surface area contributed by atoms with Gasteiger partial charge in [0.05, 0.1) is 26.9 Å². The summed E-state index contributed by atoms with van der Waals surface area (Å²) in [4.78, 5) is 1.17. The highest BCUT2D eigenvalue weighted by molar-refractivity contribution is 7.10. The largest absolute Gasteiger partial charge is 0.493 e. The molecule has 136 valence electrons. The van der Waals surface area contributed by atoms with Gasteiger partial charge in [0.2, 0.25) is 0 Å². The van der Waals surface area contributed by atoms with E-state index < -0.39 is 0 Å². The Balaban J connectivity index is 2.10. The lowest BCUT2D eigenvalue weighted by atomic mass is 9.99. The number of allylic oxidation sites excluding steroid dienone is 1. The molecule has 0 saturated heterocycles. The molecular formula is C20H27NO3S. The topological polar surface area (TPSA) is 50.7 Å². The number of aryl methyl sites for hydroxylation is 1. The van der Waals surface area contributed by atoms with Crippen molar-refractivity contribution in [2.45, 2.75) is 25.8 Å². The fourth-order valence-electron chi connectivity index (χ4n) is 2.91. The number of nitrogens with one attached hydrogen (secondary N) is 1. The van der Waals surface area contributed by atoms with Gasteiger partial charge in [-0.25, -0.2) is 0 Å². The molecule has 0 radical (unpaired) electrons. The van der Waals surface area contributed by atoms with Crippen LogP contribution in [0.3, 0.4) is 0 Å². The van der Waals surface area contributed by atoms with Crippen molar-refractivity contribution in [3.05, 3.63) is 57.8 Å². The molecule has 0 amide bonds. The molecular weight excluding hydrogens is 334 g/mol. The van der Waals surface area contributed by atoms with E-state index in [4.69, 9.17) is 9.47 Å². The number of methoxy groups -OCH3 is 2. The van der Waals surface area contributed by atoms with Crippen LogP contribution >= 0.6 is 11.3 Å². The molecule has 25 heavy (non-hydrogen) atoms. The fourth-order valence-corrected chi connectivity index (χ4v) is 3.87. The van der Waals surface area contributed by atoms with E-state index in [0.29, 0.717) is 0 Å². The van der Waals surface area contributed by atoms with Crippen LogP contribution < -0.4 is 14.8 Å². The third-order valence-electron chi connectivity index (χ3n) is 4.16. The maximum Gasteiger partial charge on any atom is 0.164 e. The van der Waals surface area contributed by atoms with E-state index in [-0.39, 0.29) is 12.6 Å². The van der Waals surface area contributed by atoms with Gasteiger partial charge in [0.1, 0.15) is 0 Å². The lowest BCUT2D eigenvalue weighted by Crippen LogP contribution is -2.26. The Morgan fingerprint density at radius 2 is 2.12 bits per heavy atom. The summed E-state index contributed by atoms with van der Waals surface area (Å²) in [6.07, 6.45) is 3.44. The summed E-state index contributed by atoms with van der Waals surface area (Å²) in [5.74, 6) is 1.51. The summed E-state index contributed by atoms with van der Waals surface area (Å²) in [5, 5.41) is 15.2. The molecule has 1 aromatic heterocycles.